The van der Waals surface area contributed by atoms with Gasteiger partial charge in [-0.3, -0.25) is 0 Å². The summed E-state index contributed by atoms with van der Waals surface area (Å²) in [6, 6.07) is 0. The minimum Gasteiger partial charge on any atom is -0.480 e. The van der Waals surface area contributed by atoms with Crippen LogP contribution in [-0.2, 0) is 13.2 Å². The first kappa shape index (κ1) is 14.5. The molecule has 2 rings (SSSR count). The average molecular weight is 311 g/mol. The van der Waals surface area contributed by atoms with Crippen LogP contribution in [0.25, 0.3) is 11.6 Å². The van der Waals surface area contributed by atoms with Crippen LogP contribution in [0.15, 0.2) is 6.20 Å². The third kappa shape index (κ3) is 2.40. The zero-order valence-corrected chi connectivity index (χ0v) is 10.9. The normalized spacial score (nSPS) is 11.8. The Morgan fingerprint density at radius 3 is 2.40 bits per heavy atom. The van der Waals surface area contributed by atoms with Gasteiger partial charge in [-0.1, -0.05) is 11.6 Å². The van der Waals surface area contributed by atoms with E-state index in [0.29, 0.717) is 0 Å². The first-order chi connectivity index (χ1) is 9.25. The van der Waals surface area contributed by atoms with E-state index in [1.54, 1.807) is 0 Å². The van der Waals surface area contributed by atoms with E-state index < -0.39 is 23.6 Å². The number of hydrogen-bond donors (Lipinski definition) is 0. The van der Waals surface area contributed by atoms with Gasteiger partial charge in [-0.05, 0) is 0 Å². The molecule has 20 heavy (non-hydrogen) atoms. The molecule has 0 aromatic carbocycles. The summed E-state index contributed by atoms with van der Waals surface area (Å²) in [5.41, 5.74) is -1.66. The molecule has 5 nitrogen and oxygen atoms in total. The van der Waals surface area contributed by atoms with Gasteiger partial charge in [-0.15, -0.1) is 0 Å². The lowest BCUT2D eigenvalue weighted by Crippen LogP contribution is -2.14. The summed E-state index contributed by atoms with van der Waals surface area (Å²) >= 11 is 5.74. The topological polar surface area (TPSA) is 52.8 Å². The lowest BCUT2D eigenvalue weighted by Gasteiger charge is -2.12. The van der Waals surface area contributed by atoms with E-state index in [0.717, 1.165) is 7.11 Å². The fourth-order valence-corrected chi connectivity index (χ4v) is 1.63. The summed E-state index contributed by atoms with van der Waals surface area (Å²) in [6.45, 7) is 0. The van der Waals surface area contributed by atoms with Crippen molar-refractivity contribution in [2.75, 3.05) is 7.11 Å². The van der Waals surface area contributed by atoms with Gasteiger partial charge >= 0.3 is 6.18 Å². The number of imidazole rings is 1. The Labute approximate surface area is 115 Å². The van der Waals surface area contributed by atoms with Crippen LogP contribution in [0.1, 0.15) is 5.56 Å². The molecule has 10 heteroatoms. The number of ether oxygens (including phenoxy) is 1. The van der Waals surface area contributed by atoms with Gasteiger partial charge in [0, 0.05) is 7.05 Å². The van der Waals surface area contributed by atoms with Gasteiger partial charge in [-0.2, -0.15) is 27.5 Å². The van der Waals surface area contributed by atoms with Crippen molar-refractivity contribution >= 4 is 11.6 Å². The molecule has 0 spiro atoms. The van der Waals surface area contributed by atoms with Crippen LogP contribution < -0.4 is 4.74 Å². The van der Waals surface area contributed by atoms with Crippen molar-refractivity contribution in [3.63, 3.8) is 0 Å². The molecule has 0 atom stereocenters. The molecule has 2 aromatic rings. The third-order valence-electron chi connectivity index (χ3n) is 2.44. The maximum atomic E-state index is 13.6. The molecule has 2 heterocycles. The van der Waals surface area contributed by atoms with E-state index in [1.807, 2.05) is 0 Å². The SMILES string of the molecule is COc1nc(-c2ncc(Cl)n2C)nc(F)c1C(F)(F)F. The van der Waals surface area contributed by atoms with E-state index in [1.165, 1.54) is 17.8 Å². The molecule has 0 aliphatic heterocycles. The van der Waals surface area contributed by atoms with E-state index in [-0.39, 0.29) is 16.8 Å². The van der Waals surface area contributed by atoms with Gasteiger partial charge in [0.15, 0.2) is 11.4 Å². The second-order valence-corrected chi connectivity index (χ2v) is 4.07. The smallest absolute Gasteiger partial charge is 0.426 e. The predicted molar refractivity (Wildman–Crippen MR) is 60.8 cm³/mol. The predicted octanol–water partition coefficient (Wildman–Crippen LogP) is 2.70. The highest BCUT2D eigenvalue weighted by Crippen LogP contribution is 2.37. The average Bonchev–Trinajstić information content (AvgIpc) is 2.67. The number of hydrogen-bond acceptors (Lipinski definition) is 4. The van der Waals surface area contributed by atoms with Gasteiger partial charge in [0.2, 0.25) is 17.7 Å². The first-order valence-electron chi connectivity index (χ1n) is 5.12. The van der Waals surface area contributed by atoms with Crippen molar-refractivity contribution in [1.82, 2.24) is 19.5 Å². The number of rotatable bonds is 2. The summed E-state index contributed by atoms with van der Waals surface area (Å²) in [5, 5.41) is 0.197. The minimum atomic E-state index is -4.97. The molecule has 2 aromatic heterocycles. The van der Waals surface area contributed by atoms with Crippen molar-refractivity contribution in [3.8, 4) is 17.5 Å². The van der Waals surface area contributed by atoms with Crippen LogP contribution in [0.2, 0.25) is 5.15 Å². The zero-order valence-electron chi connectivity index (χ0n) is 10.2. The van der Waals surface area contributed by atoms with Gasteiger partial charge in [0.05, 0.1) is 13.3 Å². The lowest BCUT2D eigenvalue weighted by atomic mass is 10.3. The van der Waals surface area contributed by atoms with Crippen LogP contribution in [0, 0.1) is 5.95 Å². The van der Waals surface area contributed by atoms with Crippen LogP contribution in [-0.4, -0.2) is 26.6 Å². The molecule has 0 aliphatic carbocycles. The largest absolute Gasteiger partial charge is 0.480 e. The van der Waals surface area contributed by atoms with Crippen molar-refractivity contribution in [2.24, 2.45) is 7.05 Å². The van der Waals surface area contributed by atoms with Gasteiger partial charge in [-0.25, -0.2) is 4.98 Å². The number of aromatic nitrogens is 4. The maximum absolute atomic E-state index is 13.6. The quantitative estimate of drug-likeness (QED) is 0.632. The lowest BCUT2D eigenvalue weighted by molar-refractivity contribution is -0.142. The Bertz CT molecular complexity index is 655. The van der Waals surface area contributed by atoms with Crippen LogP contribution in [0.3, 0.4) is 0 Å². The Morgan fingerprint density at radius 1 is 1.30 bits per heavy atom. The zero-order chi connectivity index (χ0) is 15.1. The highest BCUT2D eigenvalue weighted by Gasteiger charge is 2.40. The van der Waals surface area contributed by atoms with Crippen molar-refractivity contribution < 1.29 is 22.3 Å². The van der Waals surface area contributed by atoms with Crippen molar-refractivity contribution in [1.29, 1.82) is 0 Å². The molecular weight excluding hydrogens is 304 g/mol. The molecule has 0 fully saturated rings. The monoisotopic (exact) mass is 310 g/mol. The molecule has 0 radical (unpaired) electrons. The summed E-state index contributed by atoms with van der Waals surface area (Å²) in [4.78, 5) is 10.5. The van der Waals surface area contributed by atoms with E-state index in [2.05, 4.69) is 19.7 Å². The Balaban J connectivity index is 2.65. The van der Waals surface area contributed by atoms with Gasteiger partial charge < -0.3 is 9.30 Å². The fraction of sp³-hybridized carbons (Fsp3) is 0.300. The van der Waals surface area contributed by atoms with Crippen molar-refractivity contribution in [3.05, 3.63) is 22.9 Å². The molecule has 0 N–H and O–H groups in total. The third-order valence-corrected chi connectivity index (χ3v) is 2.79. The van der Waals surface area contributed by atoms with E-state index in [4.69, 9.17) is 11.6 Å². The fourth-order valence-electron chi connectivity index (χ4n) is 1.50. The summed E-state index contributed by atoms with van der Waals surface area (Å²) in [7, 11) is 2.43. The Kier molecular flexibility index (Phi) is 3.55. The molecule has 0 saturated heterocycles. The minimum absolute atomic E-state index is 0.0147. The summed E-state index contributed by atoms with van der Waals surface area (Å²) < 4.78 is 57.4. The molecule has 0 aliphatic rings. The molecule has 0 saturated carbocycles. The Hall–Kier alpha value is -1.90. The molecule has 108 valence electrons. The molecule has 0 unspecified atom stereocenters. The second kappa shape index (κ2) is 4.89. The number of halogens is 5. The molecular formula is C10H7ClF4N4O. The number of nitrogens with zero attached hydrogens (tertiary/aromatic N) is 4. The number of methoxy groups -OCH3 is 1. The van der Waals surface area contributed by atoms with Crippen molar-refractivity contribution in [2.45, 2.75) is 6.18 Å². The maximum Gasteiger partial charge on any atom is 0.426 e. The van der Waals surface area contributed by atoms with Crippen LogP contribution in [0.4, 0.5) is 17.6 Å². The molecule has 0 bridgehead atoms. The standard InChI is InChI=1S/C10H7ClF4N4O/c1-19-4(11)3-16-8(19)7-17-6(12)5(10(13,14)15)9(18-7)20-2/h3H,1-2H3. The number of alkyl halides is 3. The van der Waals surface area contributed by atoms with E-state index in [9.17, 15) is 17.6 Å². The summed E-state index contributed by atoms with van der Waals surface area (Å²) in [5.74, 6) is -3.00. The van der Waals surface area contributed by atoms with Gasteiger partial charge in [0.25, 0.3) is 0 Å². The van der Waals surface area contributed by atoms with Crippen LogP contribution >= 0.6 is 11.6 Å². The highest BCUT2D eigenvalue weighted by atomic mass is 35.5. The van der Waals surface area contributed by atoms with Crippen LogP contribution in [0.5, 0.6) is 5.88 Å². The summed E-state index contributed by atoms with van der Waals surface area (Å²) in [6.07, 6.45) is -3.73. The van der Waals surface area contributed by atoms with Gasteiger partial charge in [0.1, 0.15) is 5.15 Å². The van der Waals surface area contributed by atoms with E-state index >= 15 is 0 Å². The first-order valence-corrected chi connectivity index (χ1v) is 5.49. The Morgan fingerprint density at radius 2 is 1.95 bits per heavy atom. The second-order valence-electron chi connectivity index (χ2n) is 3.68. The highest BCUT2D eigenvalue weighted by molar-refractivity contribution is 6.29. The molecule has 0 amide bonds.